The van der Waals surface area contributed by atoms with E-state index in [4.69, 9.17) is 10.5 Å². The maximum Gasteiger partial charge on any atom is 0.491 e. The lowest BCUT2D eigenvalue weighted by Crippen LogP contribution is -2.53. The molecule has 2 aromatic rings. The Balaban J connectivity index is 1.45. The van der Waals surface area contributed by atoms with Crippen molar-refractivity contribution < 1.29 is 36.6 Å². The molecule has 2 aromatic carbocycles. The maximum atomic E-state index is 14.0. The number of carbonyl (C=O) groups is 2. The van der Waals surface area contributed by atoms with Crippen molar-refractivity contribution in [1.29, 1.82) is 0 Å². The molecule has 0 spiro atoms. The zero-order valence-electron chi connectivity index (χ0n) is 17.0. The van der Waals surface area contributed by atoms with E-state index < -0.39 is 29.8 Å². The highest BCUT2D eigenvalue weighted by atomic mass is 19.4. The van der Waals surface area contributed by atoms with E-state index in [-0.39, 0.29) is 30.2 Å². The molecular weight excluding hydrogens is 432 g/mol. The van der Waals surface area contributed by atoms with Crippen LogP contribution in [0.1, 0.15) is 12.0 Å². The van der Waals surface area contributed by atoms with Gasteiger partial charge in [-0.15, -0.1) is 0 Å². The van der Waals surface area contributed by atoms with Crippen molar-refractivity contribution in [3.63, 3.8) is 0 Å². The van der Waals surface area contributed by atoms with E-state index in [1.54, 1.807) is 4.90 Å². The quantitative estimate of drug-likeness (QED) is 0.377. The summed E-state index contributed by atoms with van der Waals surface area (Å²) >= 11 is 0. The van der Waals surface area contributed by atoms with Crippen LogP contribution >= 0.6 is 0 Å². The minimum absolute atomic E-state index is 0.0458. The molecule has 1 amide bonds. The van der Waals surface area contributed by atoms with Gasteiger partial charge in [0.25, 0.3) is 0 Å². The van der Waals surface area contributed by atoms with Crippen LogP contribution in [-0.2, 0) is 16.0 Å². The first kappa shape index (κ1) is 23.5. The van der Waals surface area contributed by atoms with Gasteiger partial charge in [-0.2, -0.15) is 13.2 Å². The van der Waals surface area contributed by atoms with E-state index in [2.05, 4.69) is 4.74 Å². The van der Waals surface area contributed by atoms with Gasteiger partial charge in [-0.3, -0.25) is 4.79 Å². The Morgan fingerprint density at radius 2 is 1.78 bits per heavy atom. The zero-order valence-corrected chi connectivity index (χ0v) is 17.0. The lowest BCUT2D eigenvalue weighted by molar-refractivity contribution is -0.189. The number of hydrogen-bond acceptors (Lipinski definition) is 5. The van der Waals surface area contributed by atoms with Crippen molar-refractivity contribution in [1.82, 2.24) is 4.90 Å². The largest absolute Gasteiger partial charge is 0.493 e. The molecule has 1 saturated heterocycles. The summed E-state index contributed by atoms with van der Waals surface area (Å²) in [5.74, 6) is -2.82. The average molecular weight is 454 g/mol. The topological polar surface area (TPSA) is 81.9 Å². The van der Waals surface area contributed by atoms with Crippen molar-refractivity contribution in [2.75, 3.05) is 19.7 Å². The fourth-order valence-corrected chi connectivity index (χ4v) is 3.25. The van der Waals surface area contributed by atoms with Crippen molar-refractivity contribution >= 4 is 11.9 Å². The maximum absolute atomic E-state index is 14.0. The standard InChI is InChI=1S/C22H22F4N2O4/c23-19-7-6-18(32-21(30)22(24,25)26)9-15(19)8-16(27)10-20(29)28-11-14(12-28)13-31-17-4-2-1-3-5-17/h1-7,9,14,16H,8,10-13,27H2/t16-/m1/s1. The van der Waals surface area contributed by atoms with Gasteiger partial charge in [-0.25, -0.2) is 9.18 Å². The van der Waals surface area contributed by atoms with Gasteiger partial charge in [0.1, 0.15) is 17.3 Å². The number of nitrogens with zero attached hydrogens (tertiary/aromatic N) is 1. The van der Waals surface area contributed by atoms with Crippen LogP contribution in [0.3, 0.4) is 0 Å². The Hall–Kier alpha value is -3.14. The molecule has 172 valence electrons. The van der Waals surface area contributed by atoms with Crippen LogP contribution in [0.2, 0.25) is 0 Å². The highest BCUT2D eigenvalue weighted by Crippen LogP contribution is 2.24. The summed E-state index contributed by atoms with van der Waals surface area (Å²) < 4.78 is 60.9. The number of carbonyl (C=O) groups excluding carboxylic acids is 2. The number of rotatable bonds is 8. The third-order valence-electron chi connectivity index (χ3n) is 4.92. The number of alkyl halides is 3. The molecule has 1 aliphatic rings. The molecule has 1 heterocycles. The fraction of sp³-hybridized carbons (Fsp3) is 0.364. The summed E-state index contributed by atoms with van der Waals surface area (Å²) in [6.07, 6.45) is -5.33. The van der Waals surface area contributed by atoms with Crippen LogP contribution in [0.15, 0.2) is 48.5 Å². The van der Waals surface area contributed by atoms with Crippen molar-refractivity contribution in [3.8, 4) is 11.5 Å². The molecule has 1 atom stereocenters. The number of halogens is 4. The molecule has 0 unspecified atom stereocenters. The van der Waals surface area contributed by atoms with E-state index in [0.717, 1.165) is 23.9 Å². The smallest absolute Gasteiger partial charge is 0.491 e. The predicted octanol–water partition coefficient (Wildman–Crippen LogP) is 3.09. The normalized spacial score (nSPS) is 15.1. The molecule has 1 aliphatic heterocycles. The van der Waals surface area contributed by atoms with Gasteiger partial charge < -0.3 is 20.1 Å². The second kappa shape index (κ2) is 9.99. The second-order valence-corrected chi connectivity index (χ2v) is 7.60. The van der Waals surface area contributed by atoms with Gasteiger partial charge in [-0.05, 0) is 42.3 Å². The number of esters is 1. The Morgan fingerprint density at radius 3 is 2.44 bits per heavy atom. The van der Waals surface area contributed by atoms with Crippen LogP contribution in [0.4, 0.5) is 17.6 Å². The summed E-state index contributed by atoms with van der Waals surface area (Å²) in [5, 5.41) is 0. The first-order valence-corrected chi connectivity index (χ1v) is 9.90. The third kappa shape index (κ3) is 6.43. The number of para-hydroxylation sites is 1. The van der Waals surface area contributed by atoms with Gasteiger partial charge in [0.2, 0.25) is 5.91 Å². The first-order chi connectivity index (χ1) is 15.1. The summed E-state index contributed by atoms with van der Waals surface area (Å²) in [6, 6.07) is 11.3. The van der Waals surface area contributed by atoms with E-state index in [9.17, 15) is 27.2 Å². The summed E-state index contributed by atoms with van der Waals surface area (Å²) in [4.78, 5) is 24.9. The van der Waals surface area contributed by atoms with Gasteiger partial charge in [0.15, 0.2) is 0 Å². The molecule has 0 saturated carbocycles. The van der Waals surface area contributed by atoms with Crippen LogP contribution in [0.25, 0.3) is 0 Å². The van der Waals surface area contributed by atoms with E-state index in [0.29, 0.717) is 19.7 Å². The Labute approximate surface area is 181 Å². The lowest BCUT2D eigenvalue weighted by Gasteiger charge is -2.39. The Bertz CT molecular complexity index is 947. The average Bonchev–Trinajstić information content (AvgIpc) is 2.69. The molecule has 0 aromatic heterocycles. The minimum Gasteiger partial charge on any atom is -0.493 e. The minimum atomic E-state index is -5.17. The van der Waals surface area contributed by atoms with Crippen molar-refractivity contribution in [2.24, 2.45) is 11.7 Å². The first-order valence-electron chi connectivity index (χ1n) is 9.90. The Morgan fingerprint density at radius 1 is 1.09 bits per heavy atom. The molecule has 1 fully saturated rings. The third-order valence-corrected chi connectivity index (χ3v) is 4.92. The SMILES string of the molecule is N[C@@H](CC(=O)N1CC(COc2ccccc2)C1)Cc1cc(OC(=O)C(F)(F)F)ccc1F. The number of hydrogen-bond donors (Lipinski definition) is 1. The highest BCUT2D eigenvalue weighted by molar-refractivity contribution is 5.78. The van der Waals surface area contributed by atoms with Gasteiger partial charge in [-0.1, -0.05) is 18.2 Å². The number of likely N-dealkylation sites (tertiary alicyclic amines) is 1. The van der Waals surface area contributed by atoms with Gasteiger partial charge in [0.05, 0.1) is 6.61 Å². The number of benzene rings is 2. The zero-order chi connectivity index (χ0) is 23.3. The number of ether oxygens (including phenoxy) is 2. The molecule has 3 rings (SSSR count). The van der Waals surface area contributed by atoms with E-state index in [1.807, 2.05) is 30.3 Å². The van der Waals surface area contributed by atoms with Gasteiger partial charge >= 0.3 is 12.1 Å². The molecule has 10 heteroatoms. The van der Waals surface area contributed by atoms with Crippen LogP contribution in [-0.4, -0.2) is 48.7 Å². The van der Waals surface area contributed by atoms with Crippen molar-refractivity contribution in [2.45, 2.75) is 25.1 Å². The molecule has 0 bridgehead atoms. The Kier molecular flexibility index (Phi) is 7.34. The predicted molar refractivity (Wildman–Crippen MR) is 106 cm³/mol. The van der Waals surface area contributed by atoms with E-state index in [1.165, 1.54) is 0 Å². The number of nitrogens with two attached hydrogens (primary N) is 1. The van der Waals surface area contributed by atoms with Crippen LogP contribution in [0, 0.1) is 11.7 Å². The molecule has 0 radical (unpaired) electrons. The molecule has 6 nitrogen and oxygen atoms in total. The van der Waals surface area contributed by atoms with Gasteiger partial charge in [0, 0.05) is 31.5 Å². The van der Waals surface area contributed by atoms with Crippen LogP contribution < -0.4 is 15.2 Å². The molecule has 2 N–H and O–H groups in total. The second-order valence-electron chi connectivity index (χ2n) is 7.60. The molecular formula is C22H22F4N2O4. The van der Waals surface area contributed by atoms with Crippen molar-refractivity contribution in [3.05, 3.63) is 59.9 Å². The molecule has 0 aliphatic carbocycles. The summed E-state index contributed by atoms with van der Waals surface area (Å²) in [5.41, 5.74) is 5.91. The van der Waals surface area contributed by atoms with E-state index >= 15 is 0 Å². The number of amides is 1. The lowest BCUT2D eigenvalue weighted by atomic mass is 9.98. The summed E-state index contributed by atoms with van der Waals surface area (Å²) in [6.45, 7) is 1.53. The molecule has 32 heavy (non-hydrogen) atoms. The summed E-state index contributed by atoms with van der Waals surface area (Å²) in [7, 11) is 0. The highest BCUT2D eigenvalue weighted by Gasteiger charge is 2.41. The van der Waals surface area contributed by atoms with Crippen LogP contribution in [0.5, 0.6) is 11.5 Å². The monoisotopic (exact) mass is 454 g/mol. The fourth-order valence-electron chi connectivity index (χ4n) is 3.25.